The van der Waals surface area contributed by atoms with E-state index in [4.69, 9.17) is 24.8 Å². The number of primary amides is 1. The zero-order valence-electron chi connectivity index (χ0n) is 19.8. The van der Waals surface area contributed by atoms with Gasteiger partial charge in [-0.25, -0.2) is 4.79 Å². The summed E-state index contributed by atoms with van der Waals surface area (Å²) in [6.45, 7) is 0.437. The monoisotopic (exact) mass is 788 g/mol. The summed E-state index contributed by atoms with van der Waals surface area (Å²) in [6, 6.07) is 2.60. The van der Waals surface area contributed by atoms with Crippen LogP contribution in [0.15, 0.2) is 47.2 Å². The first-order chi connectivity index (χ1) is 18.0. The van der Waals surface area contributed by atoms with Gasteiger partial charge in [-0.2, -0.15) is 0 Å². The maximum absolute atomic E-state index is 12.6. The number of rotatable bonds is 10. The van der Waals surface area contributed by atoms with Crippen molar-refractivity contribution < 1.29 is 38.9 Å². The van der Waals surface area contributed by atoms with Gasteiger partial charge in [-0.3, -0.25) is 4.79 Å². The van der Waals surface area contributed by atoms with Crippen LogP contribution in [0.4, 0.5) is 4.79 Å². The molecule has 2 aliphatic heterocycles. The molecule has 0 aromatic heterocycles. The topological polar surface area (TPSA) is 174 Å². The largest absolute Gasteiger partial charge is 0.495 e. The van der Waals surface area contributed by atoms with Crippen molar-refractivity contribution in [3.05, 3.63) is 47.6 Å². The molecular weight excluding hydrogens is 768 g/mol. The number of hydrogen-bond donors (Lipinski definition) is 5. The summed E-state index contributed by atoms with van der Waals surface area (Å²) in [5, 5.41) is 29.8. The lowest BCUT2D eigenvalue weighted by atomic mass is 10.0. The van der Waals surface area contributed by atoms with Gasteiger partial charge in [-0.1, -0.05) is 21.1 Å². The van der Waals surface area contributed by atoms with Crippen LogP contribution in [-0.2, 0) is 19.1 Å². The summed E-state index contributed by atoms with van der Waals surface area (Å²) < 4.78 is 18.9. The predicted octanol–water partition coefficient (Wildman–Crippen LogP) is 3.15. The fourth-order valence-electron chi connectivity index (χ4n) is 3.46. The van der Waals surface area contributed by atoms with Crippen molar-refractivity contribution in [1.29, 1.82) is 0 Å². The lowest BCUT2D eigenvalue weighted by Gasteiger charge is -2.27. The Morgan fingerprint density at radius 3 is 2.58 bits per heavy atom. The minimum absolute atomic E-state index is 0.0389. The van der Waals surface area contributed by atoms with Gasteiger partial charge in [0.15, 0.2) is 11.8 Å². The molecule has 208 valence electrons. The molecule has 0 aliphatic carbocycles. The quantitative estimate of drug-likeness (QED) is 0.225. The minimum Gasteiger partial charge on any atom is -0.495 e. The number of nitrogens with one attached hydrogen (secondary N) is 2. The molecule has 38 heavy (non-hydrogen) atoms. The number of oxime groups is 1. The van der Waals surface area contributed by atoms with Gasteiger partial charge in [-0.15, -0.1) is 0 Å². The van der Waals surface area contributed by atoms with Crippen LogP contribution in [0.25, 0.3) is 0 Å². The Kier molecular flexibility index (Phi) is 10.9. The van der Waals surface area contributed by atoms with Crippen molar-refractivity contribution in [3.63, 3.8) is 0 Å². The van der Waals surface area contributed by atoms with Crippen LogP contribution in [0.5, 0.6) is 5.75 Å². The van der Waals surface area contributed by atoms with Crippen LogP contribution in [0, 0.1) is 0 Å². The molecule has 0 bridgehead atoms. The first-order valence-corrected chi connectivity index (χ1v) is 14.2. The van der Waals surface area contributed by atoms with Crippen LogP contribution in [0.2, 0.25) is 0 Å². The molecule has 3 rings (SSSR count). The molecule has 6 N–H and O–H groups in total. The van der Waals surface area contributed by atoms with Crippen molar-refractivity contribution in [2.24, 2.45) is 10.9 Å². The lowest BCUT2D eigenvalue weighted by Crippen LogP contribution is -2.49. The van der Waals surface area contributed by atoms with E-state index in [-0.39, 0.29) is 31.8 Å². The summed E-state index contributed by atoms with van der Waals surface area (Å²) in [5.41, 5.74) is 5.35. The van der Waals surface area contributed by atoms with Crippen LogP contribution in [-0.4, -0.2) is 66.6 Å². The third-order valence-electron chi connectivity index (χ3n) is 5.37. The summed E-state index contributed by atoms with van der Waals surface area (Å²) in [5.74, 6) is -1.27. The summed E-state index contributed by atoms with van der Waals surface area (Å²) in [7, 11) is 1.48. The molecule has 1 aromatic carbocycles. The van der Waals surface area contributed by atoms with Crippen LogP contribution in [0.1, 0.15) is 24.5 Å². The number of ether oxygens (including phenoxy) is 3. The Bertz CT molecular complexity index is 1160. The zero-order chi connectivity index (χ0) is 28.0. The number of halogens is 4. The van der Waals surface area contributed by atoms with Crippen LogP contribution < -0.4 is 21.1 Å². The fraction of sp³-hybridized carbons (Fsp3) is 0.409. The number of nitrogens with two attached hydrogens (primary N) is 1. The Labute approximate surface area is 251 Å². The summed E-state index contributed by atoms with van der Waals surface area (Å²) in [4.78, 5) is 28.9. The van der Waals surface area contributed by atoms with Gasteiger partial charge in [0.1, 0.15) is 17.8 Å². The molecule has 0 saturated carbocycles. The van der Waals surface area contributed by atoms with Crippen molar-refractivity contribution in [2.75, 3.05) is 26.8 Å². The molecule has 3 atom stereocenters. The molecule has 1 spiro atoms. The number of carbonyl (C=O) groups is 2. The van der Waals surface area contributed by atoms with Crippen molar-refractivity contribution in [1.82, 2.24) is 10.6 Å². The molecule has 3 amide bonds. The number of urea groups is 1. The van der Waals surface area contributed by atoms with Gasteiger partial charge < -0.3 is 45.6 Å². The minimum atomic E-state index is -1.62. The molecule has 2 heterocycles. The van der Waals surface area contributed by atoms with E-state index < -0.39 is 29.9 Å². The van der Waals surface area contributed by atoms with E-state index in [0.717, 1.165) is 0 Å². The maximum Gasteiger partial charge on any atom is 0.312 e. The SMILES string of the molecule is COC1=C(Br)C[C@@]2(OC=C1Br)ON=C(C(=O)NCCCOc1c(Br)cc(C(O)CNC(N)=O)cc1Br)[C@H]2O. The molecule has 2 aliphatic rings. The van der Waals surface area contributed by atoms with Gasteiger partial charge in [0.2, 0.25) is 0 Å². The van der Waals surface area contributed by atoms with E-state index in [1.807, 2.05) is 0 Å². The smallest absolute Gasteiger partial charge is 0.312 e. The number of benzene rings is 1. The number of aliphatic hydroxyl groups is 2. The summed E-state index contributed by atoms with van der Waals surface area (Å²) in [6.07, 6.45) is -0.636. The van der Waals surface area contributed by atoms with Gasteiger partial charge in [0, 0.05) is 17.6 Å². The highest BCUT2D eigenvalue weighted by Crippen LogP contribution is 2.41. The molecule has 1 unspecified atom stereocenters. The second-order valence-corrected chi connectivity index (χ2v) is 11.5. The van der Waals surface area contributed by atoms with Crippen LogP contribution >= 0.6 is 63.7 Å². The van der Waals surface area contributed by atoms with E-state index in [0.29, 0.717) is 41.4 Å². The number of aliphatic hydroxyl groups excluding tert-OH is 2. The second-order valence-electron chi connectivity index (χ2n) is 8.01. The lowest BCUT2D eigenvalue weighted by molar-refractivity contribution is -0.225. The standard InChI is InChI=1S/C22H24Br4N4O8/c1-35-17-13(25)7-22(37-9-14(17)26)19(32)16(30-38-22)20(33)28-3-2-4-36-18-11(23)5-10(6-12(18)24)15(31)8-29-21(27)34/h5-6,9,15,19,31-32H,2-4,7-8H2,1H3,(H,28,33)(H3,27,29,34)/t15?,19-,22-/m1/s1. The van der Waals surface area contributed by atoms with Crippen molar-refractivity contribution >= 4 is 81.4 Å². The Balaban J connectivity index is 1.49. The highest BCUT2D eigenvalue weighted by molar-refractivity contribution is 9.12. The first-order valence-electron chi connectivity index (χ1n) is 11.0. The van der Waals surface area contributed by atoms with Gasteiger partial charge in [0.05, 0.1) is 39.7 Å². The number of carbonyl (C=O) groups excluding carboxylic acids is 2. The molecule has 0 fully saturated rings. The van der Waals surface area contributed by atoms with E-state index in [1.54, 1.807) is 12.1 Å². The molecule has 1 aromatic rings. The highest BCUT2D eigenvalue weighted by atomic mass is 79.9. The first kappa shape index (κ1) is 30.7. The van der Waals surface area contributed by atoms with Gasteiger partial charge in [-0.05, 0) is 71.9 Å². The summed E-state index contributed by atoms with van der Waals surface area (Å²) >= 11 is 13.5. The van der Waals surface area contributed by atoms with Crippen molar-refractivity contribution in [3.8, 4) is 5.75 Å². The van der Waals surface area contributed by atoms with E-state index >= 15 is 0 Å². The number of nitrogens with zero attached hydrogens (tertiary/aromatic N) is 1. The number of allylic oxidation sites excluding steroid dienone is 1. The molecule has 16 heteroatoms. The molecule has 12 nitrogen and oxygen atoms in total. The van der Waals surface area contributed by atoms with E-state index in [9.17, 15) is 19.8 Å². The average Bonchev–Trinajstić information content (AvgIpc) is 3.11. The normalized spacial score (nSPS) is 21.5. The third-order valence-corrected chi connectivity index (χ3v) is 7.73. The van der Waals surface area contributed by atoms with E-state index in [2.05, 4.69) is 79.5 Å². The number of amides is 3. The molecule has 0 saturated heterocycles. The van der Waals surface area contributed by atoms with Gasteiger partial charge >= 0.3 is 11.8 Å². The van der Waals surface area contributed by atoms with E-state index in [1.165, 1.54) is 13.4 Å². The van der Waals surface area contributed by atoms with Crippen LogP contribution in [0.3, 0.4) is 0 Å². The average molecular weight is 792 g/mol. The highest BCUT2D eigenvalue weighted by Gasteiger charge is 2.54. The molecular formula is C22H24Br4N4O8. The Morgan fingerprint density at radius 2 is 1.95 bits per heavy atom. The fourth-order valence-corrected chi connectivity index (χ4v) is 6.44. The second kappa shape index (κ2) is 13.5. The number of methoxy groups -OCH3 is 1. The third kappa shape index (κ3) is 7.21. The van der Waals surface area contributed by atoms with Crippen molar-refractivity contribution in [2.45, 2.75) is 30.8 Å². The zero-order valence-corrected chi connectivity index (χ0v) is 26.1. The Hall–Kier alpha value is -1.85. The van der Waals surface area contributed by atoms with Gasteiger partial charge in [0.25, 0.3) is 5.91 Å². The molecule has 0 radical (unpaired) electrons. The predicted molar refractivity (Wildman–Crippen MR) is 150 cm³/mol. The maximum atomic E-state index is 12.6. The number of hydrogen-bond acceptors (Lipinski definition) is 9. The Morgan fingerprint density at radius 1 is 1.26 bits per heavy atom.